The maximum Gasteiger partial charge on any atom is 0.225 e. The molecule has 1 aromatic carbocycles. The van der Waals surface area contributed by atoms with Crippen LogP contribution in [0, 0.1) is 11.6 Å². The van der Waals surface area contributed by atoms with Gasteiger partial charge in [-0.2, -0.15) is 0 Å². The van der Waals surface area contributed by atoms with Crippen LogP contribution >= 0.6 is 0 Å². The van der Waals surface area contributed by atoms with E-state index in [9.17, 15) is 13.9 Å². The Bertz CT molecular complexity index is 893. The maximum atomic E-state index is 13.6. The van der Waals surface area contributed by atoms with Gasteiger partial charge in [0.1, 0.15) is 0 Å². The molecule has 0 saturated carbocycles. The second-order valence-electron chi connectivity index (χ2n) is 8.19. The summed E-state index contributed by atoms with van der Waals surface area (Å²) in [6.45, 7) is 2.07. The molecule has 3 atom stereocenters. The van der Waals surface area contributed by atoms with E-state index in [2.05, 4.69) is 14.8 Å². The molecule has 3 aliphatic heterocycles. The van der Waals surface area contributed by atoms with Crippen LogP contribution in [0.15, 0.2) is 24.4 Å². The van der Waals surface area contributed by atoms with E-state index in [1.54, 1.807) is 6.07 Å². The van der Waals surface area contributed by atoms with Gasteiger partial charge in [0.15, 0.2) is 11.6 Å². The van der Waals surface area contributed by atoms with Crippen LogP contribution in [-0.2, 0) is 13.0 Å². The highest BCUT2D eigenvalue weighted by Gasteiger charge is 2.41. The molecule has 5 nitrogen and oxygen atoms in total. The SMILES string of the molecule is O[C@H]1CCCN(c2ncc3c(n2)C[C@H]2CC[C@H]3N2Cc2ccc(F)c(F)c2)C1. The Kier molecular flexibility index (Phi) is 4.51. The number of aromatic nitrogens is 2. The van der Waals surface area contributed by atoms with E-state index in [0.29, 0.717) is 25.1 Å². The number of anilines is 1. The average Bonchev–Trinajstić information content (AvgIpc) is 2.96. The summed E-state index contributed by atoms with van der Waals surface area (Å²) in [6.07, 6.45) is 6.37. The van der Waals surface area contributed by atoms with Gasteiger partial charge >= 0.3 is 0 Å². The lowest BCUT2D eigenvalue weighted by Gasteiger charge is -2.36. The van der Waals surface area contributed by atoms with Gasteiger partial charge in [0, 0.05) is 49.9 Å². The lowest BCUT2D eigenvalue weighted by atomic mass is 9.98. The van der Waals surface area contributed by atoms with Crippen molar-refractivity contribution in [2.45, 2.75) is 56.8 Å². The zero-order chi connectivity index (χ0) is 19.3. The third kappa shape index (κ3) is 3.16. The molecule has 2 bridgehead atoms. The second kappa shape index (κ2) is 7.04. The first-order valence-corrected chi connectivity index (χ1v) is 10.1. The Morgan fingerprint density at radius 2 is 2.04 bits per heavy atom. The summed E-state index contributed by atoms with van der Waals surface area (Å²) in [5.41, 5.74) is 3.04. The van der Waals surface area contributed by atoms with E-state index in [4.69, 9.17) is 4.98 Å². The van der Waals surface area contributed by atoms with Crippen molar-refractivity contribution in [3.63, 3.8) is 0 Å². The molecule has 28 heavy (non-hydrogen) atoms. The van der Waals surface area contributed by atoms with Crippen LogP contribution in [-0.4, -0.2) is 45.2 Å². The van der Waals surface area contributed by atoms with Gasteiger partial charge < -0.3 is 10.0 Å². The molecule has 2 aromatic rings. The molecule has 2 fully saturated rings. The van der Waals surface area contributed by atoms with Crippen LogP contribution in [0.2, 0.25) is 0 Å². The van der Waals surface area contributed by atoms with Gasteiger partial charge in [0.2, 0.25) is 5.95 Å². The summed E-state index contributed by atoms with van der Waals surface area (Å²) in [7, 11) is 0. The van der Waals surface area contributed by atoms with Crippen molar-refractivity contribution in [3.05, 3.63) is 52.9 Å². The van der Waals surface area contributed by atoms with Crippen molar-refractivity contribution >= 4 is 5.95 Å². The summed E-state index contributed by atoms with van der Waals surface area (Å²) in [6, 6.07) is 4.75. The van der Waals surface area contributed by atoms with E-state index < -0.39 is 11.6 Å². The molecular weight excluding hydrogens is 362 g/mol. The number of nitrogens with zero attached hydrogens (tertiary/aromatic N) is 4. The molecule has 148 valence electrons. The fourth-order valence-corrected chi connectivity index (χ4v) is 4.95. The molecule has 3 aliphatic rings. The molecule has 0 spiro atoms. The zero-order valence-electron chi connectivity index (χ0n) is 15.7. The van der Waals surface area contributed by atoms with Gasteiger partial charge in [-0.15, -0.1) is 0 Å². The highest BCUT2D eigenvalue weighted by Crippen LogP contribution is 2.44. The topological polar surface area (TPSA) is 52.5 Å². The molecule has 4 heterocycles. The number of benzene rings is 1. The number of fused-ring (bicyclic) bond motifs is 4. The van der Waals surface area contributed by atoms with Crippen LogP contribution < -0.4 is 4.90 Å². The first-order valence-electron chi connectivity index (χ1n) is 10.1. The van der Waals surface area contributed by atoms with Gasteiger partial charge in [-0.05, 0) is 43.4 Å². The molecule has 0 radical (unpaired) electrons. The van der Waals surface area contributed by atoms with Crippen LogP contribution in [0.3, 0.4) is 0 Å². The summed E-state index contributed by atoms with van der Waals surface area (Å²) in [5, 5.41) is 9.93. The molecule has 5 rings (SSSR count). The fraction of sp³-hybridized carbons (Fsp3) is 0.524. The first-order chi connectivity index (χ1) is 13.6. The summed E-state index contributed by atoms with van der Waals surface area (Å²) in [5.74, 6) is -0.885. The summed E-state index contributed by atoms with van der Waals surface area (Å²) in [4.78, 5) is 13.9. The molecule has 0 amide bonds. The van der Waals surface area contributed by atoms with Crippen molar-refractivity contribution in [1.82, 2.24) is 14.9 Å². The molecule has 1 N–H and O–H groups in total. The molecule has 0 unspecified atom stereocenters. The molecule has 0 aliphatic carbocycles. The van der Waals surface area contributed by atoms with Crippen LogP contribution in [0.1, 0.15) is 48.5 Å². The average molecular weight is 386 g/mol. The number of hydrogen-bond acceptors (Lipinski definition) is 5. The lowest BCUT2D eigenvalue weighted by Crippen LogP contribution is -2.41. The maximum absolute atomic E-state index is 13.6. The largest absolute Gasteiger partial charge is 0.391 e. The normalized spacial score (nSPS) is 27.1. The Morgan fingerprint density at radius 1 is 1.14 bits per heavy atom. The number of aliphatic hydroxyl groups is 1. The molecule has 2 saturated heterocycles. The van der Waals surface area contributed by atoms with Gasteiger partial charge in [0.05, 0.1) is 11.8 Å². The third-order valence-corrected chi connectivity index (χ3v) is 6.35. The smallest absolute Gasteiger partial charge is 0.225 e. The van der Waals surface area contributed by atoms with Crippen molar-refractivity contribution in [3.8, 4) is 0 Å². The summed E-state index contributed by atoms with van der Waals surface area (Å²) >= 11 is 0. The Morgan fingerprint density at radius 3 is 2.86 bits per heavy atom. The monoisotopic (exact) mass is 386 g/mol. The highest BCUT2D eigenvalue weighted by molar-refractivity contribution is 5.38. The van der Waals surface area contributed by atoms with Gasteiger partial charge in [-0.25, -0.2) is 18.7 Å². The Labute approximate surface area is 163 Å². The quantitative estimate of drug-likeness (QED) is 0.879. The number of rotatable bonds is 3. The van der Waals surface area contributed by atoms with Crippen molar-refractivity contribution in [1.29, 1.82) is 0 Å². The van der Waals surface area contributed by atoms with E-state index in [0.717, 1.165) is 55.5 Å². The standard InChI is InChI=1S/C21H24F2N4O/c22-17-5-3-13(8-18(17)23)11-27-14-4-6-20(27)16-10-24-21(25-19(16)9-14)26-7-1-2-15(28)12-26/h3,5,8,10,14-15,20,28H,1-2,4,6-7,9,11-12H2/t14-,15+,20-/m1/s1. The van der Waals surface area contributed by atoms with E-state index in [1.165, 1.54) is 12.1 Å². The predicted octanol–water partition coefficient (Wildman–Crippen LogP) is 2.98. The number of β-amino-alcohol motifs (C(OH)–C–C–N with tert-alkyl or cyclic N) is 1. The zero-order valence-corrected chi connectivity index (χ0v) is 15.7. The van der Waals surface area contributed by atoms with Gasteiger partial charge in [-0.1, -0.05) is 6.07 Å². The van der Waals surface area contributed by atoms with E-state index >= 15 is 0 Å². The number of piperidine rings is 1. The summed E-state index contributed by atoms with van der Waals surface area (Å²) < 4.78 is 26.8. The van der Waals surface area contributed by atoms with Crippen LogP contribution in [0.5, 0.6) is 0 Å². The molecule has 1 aromatic heterocycles. The molecular formula is C21H24F2N4O. The van der Waals surface area contributed by atoms with Crippen LogP contribution in [0.4, 0.5) is 14.7 Å². The minimum Gasteiger partial charge on any atom is -0.391 e. The molecule has 7 heteroatoms. The fourth-order valence-electron chi connectivity index (χ4n) is 4.95. The Balaban J connectivity index is 1.38. The van der Waals surface area contributed by atoms with Crippen LogP contribution in [0.25, 0.3) is 0 Å². The predicted molar refractivity (Wildman–Crippen MR) is 101 cm³/mol. The Hall–Kier alpha value is -2.12. The van der Waals surface area contributed by atoms with Crippen molar-refractivity contribution < 1.29 is 13.9 Å². The van der Waals surface area contributed by atoms with Crippen molar-refractivity contribution in [2.24, 2.45) is 0 Å². The lowest BCUT2D eigenvalue weighted by molar-refractivity contribution is 0.153. The highest BCUT2D eigenvalue weighted by atomic mass is 19.2. The van der Waals surface area contributed by atoms with E-state index in [-0.39, 0.29) is 12.1 Å². The minimum atomic E-state index is -0.806. The van der Waals surface area contributed by atoms with Gasteiger partial charge in [-0.3, -0.25) is 4.90 Å². The van der Waals surface area contributed by atoms with Gasteiger partial charge in [0.25, 0.3) is 0 Å². The van der Waals surface area contributed by atoms with Crippen molar-refractivity contribution in [2.75, 3.05) is 18.0 Å². The second-order valence-corrected chi connectivity index (χ2v) is 8.19. The minimum absolute atomic E-state index is 0.225. The first kappa shape index (κ1) is 17.9. The number of halogens is 2. The van der Waals surface area contributed by atoms with E-state index in [1.807, 2.05) is 6.20 Å². The number of aliphatic hydroxyl groups excluding tert-OH is 1. The third-order valence-electron chi connectivity index (χ3n) is 6.35. The number of hydrogen-bond donors (Lipinski definition) is 1.